The lowest BCUT2D eigenvalue weighted by Gasteiger charge is -2.12. The van der Waals surface area contributed by atoms with Crippen molar-refractivity contribution in [2.24, 2.45) is 5.92 Å². The van der Waals surface area contributed by atoms with Crippen LogP contribution in [0.4, 0.5) is 0 Å². The summed E-state index contributed by atoms with van der Waals surface area (Å²) in [4.78, 5) is 0. The Balaban J connectivity index is 3.01. The molecule has 0 fully saturated rings. The molecule has 0 saturated heterocycles. The highest BCUT2D eigenvalue weighted by Crippen LogP contribution is 2.18. The van der Waals surface area contributed by atoms with Crippen LogP contribution in [0.15, 0.2) is 41.5 Å². The van der Waals surface area contributed by atoms with E-state index in [1.807, 2.05) is 0 Å². The highest BCUT2D eigenvalue weighted by Gasteiger charge is 2.10. The fraction of sp³-hybridized carbons (Fsp3) is 0.444. The molecule has 0 aromatic heterocycles. The minimum atomic E-state index is -1.30. The summed E-state index contributed by atoms with van der Waals surface area (Å²) in [6.45, 7) is 13.6. The van der Waals surface area contributed by atoms with Crippen LogP contribution in [0.2, 0.25) is 19.6 Å². The van der Waals surface area contributed by atoms with Crippen LogP contribution in [0.25, 0.3) is 0 Å². The maximum Gasteiger partial charge on any atom is 0.129 e. The number of allylic oxidation sites excluding steroid dienone is 2. The summed E-state index contributed by atoms with van der Waals surface area (Å²) in [6, 6.07) is 10.6. The van der Waals surface area contributed by atoms with Gasteiger partial charge in [0.2, 0.25) is 0 Å². The molecule has 0 atom stereocenters. The summed E-state index contributed by atoms with van der Waals surface area (Å²) < 4.78 is 0. The Bertz CT molecular complexity index is 490. The van der Waals surface area contributed by atoms with E-state index in [4.69, 9.17) is 0 Å². The van der Waals surface area contributed by atoms with Crippen molar-refractivity contribution < 1.29 is 0 Å². The molecule has 0 N–H and O–H groups in total. The predicted molar refractivity (Wildman–Crippen MR) is 88.8 cm³/mol. The molecule has 0 aliphatic rings. The molecule has 0 nitrogen and oxygen atoms in total. The fourth-order valence-electron chi connectivity index (χ4n) is 2.00. The van der Waals surface area contributed by atoms with Gasteiger partial charge in [-0.1, -0.05) is 75.3 Å². The molecule has 1 aromatic carbocycles. The Morgan fingerprint density at radius 3 is 2.16 bits per heavy atom. The smallest absolute Gasteiger partial charge is 0.127 e. The lowest BCUT2D eigenvalue weighted by atomic mass is 9.94. The van der Waals surface area contributed by atoms with E-state index in [0.29, 0.717) is 5.92 Å². The van der Waals surface area contributed by atoms with Gasteiger partial charge >= 0.3 is 0 Å². The second kappa shape index (κ2) is 6.77. The van der Waals surface area contributed by atoms with Crippen molar-refractivity contribution in [1.82, 2.24) is 0 Å². The molecule has 0 radical (unpaired) electrons. The first kappa shape index (κ1) is 15.8. The molecule has 0 unspecified atom stereocenters. The molecular formula is C18H26Si. The van der Waals surface area contributed by atoms with Crippen molar-refractivity contribution in [3.8, 4) is 11.5 Å². The molecular weight excluding hydrogens is 244 g/mol. The summed E-state index contributed by atoms with van der Waals surface area (Å²) in [5.41, 5.74) is 7.60. The Morgan fingerprint density at radius 1 is 1.11 bits per heavy atom. The van der Waals surface area contributed by atoms with Crippen LogP contribution >= 0.6 is 0 Å². The zero-order valence-electron chi connectivity index (χ0n) is 13.2. The van der Waals surface area contributed by atoms with Crippen LogP contribution in [-0.2, 0) is 6.42 Å². The third kappa shape index (κ3) is 5.94. The van der Waals surface area contributed by atoms with E-state index in [-0.39, 0.29) is 0 Å². The normalized spacial score (nSPS) is 12.8. The topological polar surface area (TPSA) is 0 Å². The van der Waals surface area contributed by atoms with Gasteiger partial charge in [-0.2, -0.15) is 0 Å². The maximum absolute atomic E-state index is 3.50. The second-order valence-corrected chi connectivity index (χ2v) is 11.3. The van der Waals surface area contributed by atoms with Gasteiger partial charge in [-0.25, -0.2) is 0 Å². The molecule has 0 saturated carbocycles. The standard InChI is InChI=1S/C18H26Si/c1-15(2)18(12-13-19(4,5)6)16(3)14-17-10-8-7-9-11-17/h7-11,15H,14H2,1-6H3/b18-16-. The van der Waals surface area contributed by atoms with Crippen LogP contribution in [0.5, 0.6) is 0 Å². The number of rotatable bonds is 3. The monoisotopic (exact) mass is 270 g/mol. The van der Waals surface area contributed by atoms with Gasteiger partial charge in [-0.3, -0.25) is 0 Å². The molecule has 19 heavy (non-hydrogen) atoms. The van der Waals surface area contributed by atoms with Crippen LogP contribution in [0, 0.1) is 17.4 Å². The van der Waals surface area contributed by atoms with E-state index in [1.54, 1.807) is 0 Å². The number of benzene rings is 1. The summed E-state index contributed by atoms with van der Waals surface area (Å²) in [6.07, 6.45) is 1.01. The van der Waals surface area contributed by atoms with Crippen molar-refractivity contribution in [3.05, 3.63) is 47.0 Å². The minimum Gasteiger partial charge on any atom is -0.127 e. The van der Waals surface area contributed by atoms with E-state index < -0.39 is 8.07 Å². The first-order valence-electron chi connectivity index (χ1n) is 7.06. The third-order valence-electron chi connectivity index (χ3n) is 2.92. The van der Waals surface area contributed by atoms with Crippen LogP contribution in [-0.4, -0.2) is 8.07 Å². The van der Waals surface area contributed by atoms with Gasteiger partial charge in [0, 0.05) is 5.57 Å². The van der Waals surface area contributed by atoms with E-state index >= 15 is 0 Å². The molecule has 1 aromatic rings. The minimum absolute atomic E-state index is 0.507. The van der Waals surface area contributed by atoms with Gasteiger partial charge < -0.3 is 0 Å². The van der Waals surface area contributed by atoms with E-state index in [2.05, 4.69) is 82.2 Å². The molecule has 0 amide bonds. The van der Waals surface area contributed by atoms with Crippen LogP contribution in [0.1, 0.15) is 26.3 Å². The lowest BCUT2D eigenvalue weighted by molar-refractivity contribution is 0.781. The van der Waals surface area contributed by atoms with Crippen molar-refractivity contribution in [2.45, 2.75) is 46.8 Å². The summed E-state index contributed by atoms with van der Waals surface area (Å²) in [5, 5.41) is 0. The van der Waals surface area contributed by atoms with E-state index in [1.165, 1.54) is 16.7 Å². The Morgan fingerprint density at radius 2 is 1.68 bits per heavy atom. The zero-order valence-corrected chi connectivity index (χ0v) is 14.2. The molecule has 0 bridgehead atoms. The first-order chi connectivity index (χ1) is 8.79. The summed E-state index contributed by atoms with van der Waals surface area (Å²) in [5.74, 6) is 3.98. The lowest BCUT2D eigenvalue weighted by Crippen LogP contribution is -2.16. The number of hydrogen-bond donors (Lipinski definition) is 0. The van der Waals surface area contributed by atoms with Gasteiger partial charge in [0.15, 0.2) is 0 Å². The molecule has 102 valence electrons. The fourth-order valence-corrected chi connectivity index (χ4v) is 2.51. The molecule has 0 aliphatic heterocycles. The Labute approximate surface area is 120 Å². The van der Waals surface area contributed by atoms with Gasteiger partial charge in [0.1, 0.15) is 8.07 Å². The predicted octanol–water partition coefficient (Wildman–Crippen LogP) is 5.08. The summed E-state index contributed by atoms with van der Waals surface area (Å²) in [7, 11) is -1.30. The molecule has 0 spiro atoms. The second-order valence-electron chi connectivity index (χ2n) is 6.51. The Hall–Kier alpha value is -1.26. The third-order valence-corrected chi connectivity index (χ3v) is 3.80. The van der Waals surface area contributed by atoms with Crippen molar-refractivity contribution in [1.29, 1.82) is 0 Å². The average molecular weight is 270 g/mol. The van der Waals surface area contributed by atoms with Crippen molar-refractivity contribution in [3.63, 3.8) is 0 Å². The molecule has 1 heteroatoms. The highest BCUT2D eigenvalue weighted by molar-refractivity contribution is 6.83. The maximum atomic E-state index is 3.50. The van der Waals surface area contributed by atoms with Gasteiger partial charge in [0.25, 0.3) is 0 Å². The van der Waals surface area contributed by atoms with Crippen LogP contribution < -0.4 is 0 Å². The largest absolute Gasteiger partial charge is 0.129 e. The van der Waals surface area contributed by atoms with E-state index in [9.17, 15) is 0 Å². The first-order valence-corrected chi connectivity index (χ1v) is 10.6. The molecule has 0 heterocycles. The average Bonchev–Trinajstić information content (AvgIpc) is 2.28. The summed E-state index contributed by atoms with van der Waals surface area (Å²) >= 11 is 0. The Kier molecular flexibility index (Phi) is 5.63. The zero-order chi connectivity index (χ0) is 14.5. The van der Waals surface area contributed by atoms with Crippen molar-refractivity contribution in [2.75, 3.05) is 0 Å². The molecule has 1 rings (SSSR count). The van der Waals surface area contributed by atoms with Crippen LogP contribution in [0.3, 0.4) is 0 Å². The highest BCUT2D eigenvalue weighted by atomic mass is 28.3. The quantitative estimate of drug-likeness (QED) is 0.530. The number of hydrogen-bond acceptors (Lipinski definition) is 0. The van der Waals surface area contributed by atoms with Gasteiger partial charge in [-0.15, -0.1) is 5.54 Å². The van der Waals surface area contributed by atoms with Gasteiger partial charge in [0.05, 0.1) is 0 Å². The molecule has 0 aliphatic carbocycles. The van der Waals surface area contributed by atoms with E-state index in [0.717, 1.165) is 6.42 Å². The van der Waals surface area contributed by atoms with Gasteiger partial charge in [-0.05, 0) is 24.8 Å². The SMILES string of the molecule is C/C(Cc1ccccc1)=C(\C#C[Si](C)(C)C)C(C)C. The van der Waals surface area contributed by atoms with Crippen molar-refractivity contribution >= 4 is 8.07 Å².